The van der Waals surface area contributed by atoms with Crippen molar-refractivity contribution in [3.8, 4) is 17.5 Å². The summed E-state index contributed by atoms with van der Waals surface area (Å²) in [4.78, 5) is 25.9. The predicted octanol–water partition coefficient (Wildman–Crippen LogP) is 3.64. The second-order valence-electron chi connectivity index (χ2n) is 8.68. The van der Waals surface area contributed by atoms with Crippen molar-refractivity contribution in [2.24, 2.45) is 0 Å². The number of likely N-dealkylation sites (tertiary alicyclic amines) is 1. The van der Waals surface area contributed by atoms with E-state index in [2.05, 4.69) is 0 Å². The number of aromatic nitrogens is 1. The van der Waals surface area contributed by atoms with Gasteiger partial charge in [0.05, 0.1) is 18.4 Å². The van der Waals surface area contributed by atoms with Gasteiger partial charge in [0.15, 0.2) is 17.3 Å². The number of hydrogen-bond donors (Lipinski definition) is 1. The van der Waals surface area contributed by atoms with E-state index in [4.69, 9.17) is 19.9 Å². The van der Waals surface area contributed by atoms with Gasteiger partial charge in [-0.2, -0.15) is 5.26 Å². The zero-order valence-electron chi connectivity index (χ0n) is 19.1. The van der Waals surface area contributed by atoms with Crippen LogP contribution < -0.4 is 10.5 Å². The van der Waals surface area contributed by atoms with E-state index < -0.39 is 17.4 Å². The summed E-state index contributed by atoms with van der Waals surface area (Å²) >= 11 is 0. The highest BCUT2D eigenvalue weighted by Crippen LogP contribution is 2.29. The Hall–Kier alpha value is -3.74. The number of amides is 1. The minimum atomic E-state index is -0.744. The molecule has 33 heavy (non-hydrogen) atoms. The van der Waals surface area contributed by atoms with E-state index in [-0.39, 0.29) is 40.6 Å². The van der Waals surface area contributed by atoms with Gasteiger partial charge in [0.2, 0.25) is 0 Å². The normalized spacial score (nSPS) is 14.5. The molecule has 0 unspecified atom stereocenters. The monoisotopic (exact) mass is 458 g/mol. The number of esters is 1. The lowest BCUT2D eigenvalue weighted by molar-refractivity contribution is 0.0123. The Balaban J connectivity index is 1.71. The van der Waals surface area contributed by atoms with Crippen molar-refractivity contribution in [3.05, 3.63) is 41.5 Å². The Labute approximate surface area is 191 Å². The summed E-state index contributed by atoms with van der Waals surface area (Å²) in [6.45, 7) is 6.32. The summed E-state index contributed by atoms with van der Waals surface area (Å²) in [5.74, 6) is -1.33. The maximum Gasteiger partial charge on any atom is 0.410 e. The van der Waals surface area contributed by atoms with E-state index in [0.717, 1.165) is 0 Å². The molecule has 2 aromatic rings. The third-order valence-electron chi connectivity index (χ3n) is 5.12. The molecule has 0 radical (unpaired) electrons. The molecule has 0 bridgehead atoms. The molecular formula is C23H27FN4O5. The fraction of sp³-hybridized carbons (Fsp3) is 0.435. The van der Waals surface area contributed by atoms with E-state index in [1.807, 2.05) is 26.8 Å². The molecule has 3 rings (SSSR count). The molecular weight excluding hydrogens is 431 g/mol. The Morgan fingerprint density at radius 1 is 1.24 bits per heavy atom. The fourth-order valence-electron chi connectivity index (χ4n) is 3.52. The molecule has 0 saturated carbocycles. The van der Waals surface area contributed by atoms with Crippen LogP contribution in [-0.4, -0.2) is 53.4 Å². The first-order valence-corrected chi connectivity index (χ1v) is 10.5. The Kier molecular flexibility index (Phi) is 6.81. The van der Waals surface area contributed by atoms with Gasteiger partial charge in [-0.1, -0.05) is 0 Å². The molecule has 1 aliphatic rings. The number of benzene rings is 1. The number of nitrogen functional groups attached to an aromatic ring is 1. The second kappa shape index (κ2) is 9.40. The van der Waals surface area contributed by atoms with Crippen molar-refractivity contribution >= 4 is 17.7 Å². The van der Waals surface area contributed by atoms with E-state index in [1.165, 1.54) is 30.0 Å². The van der Waals surface area contributed by atoms with Gasteiger partial charge in [-0.05, 0) is 32.9 Å². The first kappa shape index (κ1) is 23.9. The van der Waals surface area contributed by atoms with Crippen molar-refractivity contribution in [2.75, 3.05) is 25.9 Å². The fourth-order valence-corrected chi connectivity index (χ4v) is 3.52. The quantitative estimate of drug-likeness (QED) is 0.695. The molecule has 176 valence electrons. The Morgan fingerprint density at radius 2 is 1.91 bits per heavy atom. The van der Waals surface area contributed by atoms with Crippen LogP contribution in [0.3, 0.4) is 0 Å². The summed E-state index contributed by atoms with van der Waals surface area (Å²) in [5, 5.41) is 9.23. The molecule has 1 saturated heterocycles. The molecule has 1 aromatic carbocycles. The molecule has 2 N–H and O–H groups in total. The van der Waals surface area contributed by atoms with Crippen LogP contribution in [0.25, 0.3) is 5.69 Å². The summed E-state index contributed by atoms with van der Waals surface area (Å²) in [7, 11) is 1.19. The lowest BCUT2D eigenvalue weighted by Gasteiger charge is -2.33. The minimum absolute atomic E-state index is 0.0400. The number of nitriles is 1. The summed E-state index contributed by atoms with van der Waals surface area (Å²) in [6.07, 6.45) is 1.78. The van der Waals surface area contributed by atoms with Crippen LogP contribution in [0.5, 0.6) is 5.75 Å². The van der Waals surface area contributed by atoms with Crippen molar-refractivity contribution in [2.45, 2.75) is 45.3 Å². The molecule has 2 heterocycles. The van der Waals surface area contributed by atoms with Gasteiger partial charge >= 0.3 is 12.1 Å². The number of ether oxygens (including phenoxy) is 3. The van der Waals surface area contributed by atoms with Crippen LogP contribution in [-0.2, 0) is 9.47 Å². The zero-order valence-corrected chi connectivity index (χ0v) is 19.1. The van der Waals surface area contributed by atoms with Gasteiger partial charge in [-0.15, -0.1) is 0 Å². The highest BCUT2D eigenvalue weighted by molar-refractivity contribution is 5.95. The molecule has 9 nitrogen and oxygen atoms in total. The summed E-state index contributed by atoms with van der Waals surface area (Å²) < 4.78 is 32.1. The molecule has 10 heteroatoms. The van der Waals surface area contributed by atoms with Crippen LogP contribution in [0.2, 0.25) is 0 Å². The van der Waals surface area contributed by atoms with Crippen molar-refractivity contribution in [1.82, 2.24) is 9.47 Å². The number of halogens is 1. The lowest BCUT2D eigenvalue weighted by Crippen LogP contribution is -2.44. The van der Waals surface area contributed by atoms with E-state index in [9.17, 15) is 19.2 Å². The first-order chi connectivity index (χ1) is 15.5. The average molecular weight is 458 g/mol. The lowest BCUT2D eigenvalue weighted by atomic mass is 10.1. The van der Waals surface area contributed by atoms with Crippen LogP contribution in [0.1, 0.15) is 49.7 Å². The van der Waals surface area contributed by atoms with Gasteiger partial charge in [0.1, 0.15) is 17.8 Å². The molecule has 0 atom stereocenters. The molecule has 1 aliphatic heterocycles. The number of nitrogens with two attached hydrogens (primary N) is 1. The second-order valence-corrected chi connectivity index (χ2v) is 8.68. The number of anilines is 1. The van der Waals surface area contributed by atoms with Crippen molar-refractivity contribution in [3.63, 3.8) is 0 Å². The van der Waals surface area contributed by atoms with Gasteiger partial charge in [0.25, 0.3) is 0 Å². The SMILES string of the molecule is COC(=O)c1c(N)c(C#N)cn1-c1ccc(OC2CCN(C(=O)OC(C)(C)C)CC2)c(F)c1. The number of nitrogens with zero attached hydrogens (tertiary/aromatic N) is 3. The molecule has 1 amide bonds. The highest BCUT2D eigenvalue weighted by atomic mass is 19.1. The smallest absolute Gasteiger partial charge is 0.410 e. The van der Waals surface area contributed by atoms with E-state index >= 15 is 0 Å². The number of carbonyl (C=O) groups is 2. The molecule has 1 fully saturated rings. The van der Waals surface area contributed by atoms with Crippen LogP contribution in [0.4, 0.5) is 14.9 Å². The summed E-state index contributed by atoms with van der Waals surface area (Å²) in [5.41, 5.74) is 5.58. The third kappa shape index (κ3) is 5.37. The highest BCUT2D eigenvalue weighted by Gasteiger charge is 2.28. The van der Waals surface area contributed by atoms with Gasteiger partial charge < -0.3 is 29.4 Å². The van der Waals surface area contributed by atoms with E-state index in [0.29, 0.717) is 25.9 Å². The number of rotatable bonds is 4. The topological polar surface area (TPSA) is 120 Å². The standard InChI is InChI=1S/C23H27FN4O5/c1-23(2,3)33-22(30)27-9-7-16(8-10-27)32-18-6-5-15(11-17(18)24)28-13-14(12-25)19(26)20(28)21(29)31-4/h5-6,11,13,16H,7-10,26H2,1-4H3. The summed E-state index contributed by atoms with van der Waals surface area (Å²) in [6, 6.07) is 6.10. The largest absolute Gasteiger partial charge is 0.487 e. The molecule has 1 aromatic heterocycles. The number of carbonyl (C=O) groups excluding carboxylic acids is 2. The zero-order chi connectivity index (χ0) is 24.3. The third-order valence-corrected chi connectivity index (χ3v) is 5.12. The van der Waals surface area contributed by atoms with Crippen molar-refractivity contribution < 1.29 is 28.2 Å². The van der Waals surface area contributed by atoms with Crippen LogP contribution in [0, 0.1) is 17.1 Å². The van der Waals surface area contributed by atoms with Crippen molar-refractivity contribution in [1.29, 1.82) is 5.26 Å². The Bertz CT molecular complexity index is 1090. The maximum absolute atomic E-state index is 14.9. The Morgan fingerprint density at radius 3 is 2.45 bits per heavy atom. The van der Waals surface area contributed by atoms with Crippen LogP contribution in [0.15, 0.2) is 24.4 Å². The molecule has 0 spiro atoms. The number of methoxy groups -OCH3 is 1. The average Bonchev–Trinajstić information content (AvgIpc) is 3.10. The maximum atomic E-state index is 14.9. The number of hydrogen-bond acceptors (Lipinski definition) is 7. The minimum Gasteiger partial charge on any atom is -0.487 e. The predicted molar refractivity (Wildman–Crippen MR) is 118 cm³/mol. The first-order valence-electron chi connectivity index (χ1n) is 10.5. The van der Waals surface area contributed by atoms with E-state index in [1.54, 1.807) is 11.0 Å². The van der Waals surface area contributed by atoms with Gasteiger partial charge in [0, 0.05) is 43.9 Å². The van der Waals surface area contributed by atoms with Gasteiger partial charge in [-0.25, -0.2) is 14.0 Å². The van der Waals surface area contributed by atoms with Gasteiger partial charge in [-0.3, -0.25) is 0 Å². The van der Waals surface area contributed by atoms with Crippen LogP contribution >= 0.6 is 0 Å². The number of piperidine rings is 1. The molecule has 0 aliphatic carbocycles.